The average Bonchev–Trinajstić information content (AvgIpc) is 2.28. The van der Waals surface area contributed by atoms with Crippen molar-refractivity contribution in [2.45, 2.75) is 23.8 Å². The third kappa shape index (κ3) is 4.21. The molecule has 2 N–H and O–H groups in total. The molecule has 0 radical (unpaired) electrons. The molecule has 0 amide bonds. The van der Waals surface area contributed by atoms with E-state index in [0.717, 1.165) is 19.4 Å². The number of piperidine rings is 1. The maximum atomic E-state index is 12.2. The average molecular weight is 346 g/mol. The Morgan fingerprint density at radius 1 is 1.26 bits per heavy atom. The van der Waals surface area contributed by atoms with Crippen LogP contribution in [0, 0.1) is 0 Å². The lowest BCUT2D eigenvalue weighted by molar-refractivity contribution is 0.428. The van der Waals surface area contributed by atoms with Gasteiger partial charge in [0, 0.05) is 12.6 Å². The van der Waals surface area contributed by atoms with Crippen molar-refractivity contribution in [3.8, 4) is 0 Å². The lowest BCUT2D eigenvalue weighted by Crippen LogP contribution is -2.45. The summed E-state index contributed by atoms with van der Waals surface area (Å²) in [5.41, 5.74) is 0. The van der Waals surface area contributed by atoms with E-state index in [1.807, 2.05) is 0 Å². The first-order chi connectivity index (χ1) is 8.50. The molecule has 1 aliphatic rings. The predicted molar refractivity (Wildman–Crippen MR) is 79.9 cm³/mol. The van der Waals surface area contributed by atoms with Crippen LogP contribution in [-0.2, 0) is 10.0 Å². The molecule has 4 nitrogen and oxygen atoms in total. The molecule has 1 aromatic carbocycles. The summed E-state index contributed by atoms with van der Waals surface area (Å²) < 4.78 is 27.1. The second-order valence-corrected chi connectivity index (χ2v) is 6.68. The molecule has 0 spiro atoms. The number of nitrogens with one attached hydrogen (secondary N) is 2. The molecule has 0 bridgehead atoms. The molecule has 8 heteroatoms. The molecular weight excluding hydrogens is 331 g/mol. The van der Waals surface area contributed by atoms with Crippen LogP contribution in [0.4, 0.5) is 0 Å². The zero-order chi connectivity index (χ0) is 13.2. The normalized spacial score (nSPS) is 19.8. The number of benzene rings is 1. The van der Waals surface area contributed by atoms with Gasteiger partial charge in [-0.25, -0.2) is 13.1 Å². The molecule has 0 saturated carbocycles. The van der Waals surface area contributed by atoms with Crippen molar-refractivity contribution >= 4 is 45.6 Å². The van der Waals surface area contributed by atoms with Crippen molar-refractivity contribution in [3.63, 3.8) is 0 Å². The van der Waals surface area contributed by atoms with Gasteiger partial charge in [-0.05, 0) is 31.5 Å². The number of sulfonamides is 1. The standard InChI is InChI=1S/C11H14Cl2N2O2S.ClH/c12-9-4-1-5-10(13)11(9)18(16,17)15-8-3-2-6-14-7-8;/h1,4-5,8,14-15H,2-3,6-7H2;1H/t8-;/m1./s1. The van der Waals surface area contributed by atoms with Crippen molar-refractivity contribution in [2.24, 2.45) is 0 Å². The molecule has 1 aromatic rings. The highest BCUT2D eigenvalue weighted by molar-refractivity contribution is 7.89. The van der Waals surface area contributed by atoms with E-state index in [9.17, 15) is 8.42 Å². The van der Waals surface area contributed by atoms with Crippen LogP contribution in [0.5, 0.6) is 0 Å². The highest BCUT2D eigenvalue weighted by Crippen LogP contribution is 2.29. The van der Waals surface area contributed by atoms with Crippen molar-refractivity contribution in [3.05, 3.63) is 28.2 Å². The van der Waals surface area contributed by atoms with Gasteiger partial charge < -0.3 is 5.32 Å². The van der Waals surface area contributed by atoms with Gasteiger partial charge in [-0.3, -0.25) is 0 Å². The van der Waals surface area contributed by atoms with E-state index in [-0.39, 0.29) is 33.4 Å². The summed E-state index contributed by atoms with van der Waals surface area (Å²) in [5.74, 6) is 0. The van der Waals surface area contributed by atoms with Gasteiger partial charge in [0.1, 0.15) is 4.90 Å². The van der Waals surface area contributed by atoms with E-state index in [4.69, 9.17) is 23.2 Å². The minimum Gasteiger partial charge on any atom is -0.315 e. The first-order valence-corrected chi connectivity index (χ1v) is 7.91. The lowest BCUT2D eigenvalue weighted by Gasteiger charge is -2.24. The smallest absolute Gasteiger partial charge is 0.243 e. The minimum atomic E-state index is -3.68. The largest absolute Gasteiger partial charge is 0.315 e. The maximum absolute atomic E-state index is 12.2. The maximum Gasteiger partial charge on any atom is 0.243 e. The lowest BCUT2D eigenvalue weighted by atomic mass is 10.1. The van der Waals surface area contributed by atoms with Crippen LogP contribution in [0.1, 0.15) is 12.8 Å². The summed E-state index contributed by atoms with van der Waals surface area (Å²) in [6, 6.07) is 4.53. The van der Waals surface area contributed by atoms with Crippen LogP contribution >= 0.6 is 35.6 Å². The van der Waals surface area contributed by atoms with Gasteiger partial charge >= 0.3 is 0 Å². The van der Waals surface area contributed by atoms with E-state index in [0.29, 0.717) is 6.54 Å². The molecule has 1 saturated heterocycles. The molecule has 1 heterocycles. The topological polar surface area (TPSA) is 58.2 Å². The fraction of sp³-hybridized carbons (Fsp3) is 0.455. The van der Waals surface area contributed by atoms with Crippen LogP contribution in [0.3, 0.4) is 0 Å². The molecule has 1 aliphatic heterocycles. The van der Waals surface area contributed by atoms with Crippen LogP contribution in [0.2, 0.25) is 10.0 Å². The molecular formula is C11H15Cl3N2O2S. The van der Waals surface area contributed by atoms with Crippen LogP contribution in [-0.4, -0.2) is 27.5 Å². The summed E-state index contributed by atoms with van der Waals surface area (Å²) in [7, 11) is -3.68. The molecule has 1 fully saturated rings. The SMILES string of the molecule is Cl.O=S(=O)(N[C@@H]1CCCNC1)c1c(Cl)cccc1Cl. The zero-order valence-corrected chi connectivity index (χ0v) is 13.2. The Kier molecular flexibility index (Phi) is 6.36. The molecule has 0 unspecified atom stereocenters. The van der Waals surface area contributed by atoms with Crippen LogP contribution in [0.25, 0.3) is 0 Å². The third-order valence-electron chi connectivity index (χ3n) is 2.81. The van der Waals surface area contributed by atoms with Crippen molar-refractivity contribution in [1.82, 2.24) is 10.0 Å². The number of rotatable bonds is 3. The number of halogens is 3. The zero-order valence-electron chi connectivity index (χ0n) is 10.0. The van der Waals surface area contributed by atoms with Crippen LogP contribution in [0.15, 0.2) is 23.1 Å². The number of hydrogen-bond donors (Lipinski definition) is 2. The Morgan fingerprint density at radius 2 is 1.89 bits per heavy atom. The van der Waals surface area contributed by atoms with Crippen molar-refractivity contribution in [2.75, 3.05) is 13.1 Å². The highest BCUT2D eigenvalue weighted by Gasteiger charge is 2.25. The first-order valence-electron chi connectivity index (χ1n) is 5.68. The van der Waals surface area contributed by atoms with Gasteiger partial charge in [0.25, 0.3) is 0 Å². The molecule has 0 aliphatic carbocycles. The Morgan fingerprint density at radius 3 is 2.42 bits per heavy atom. The Hall–Kier alpha value is -0.0400. The van der Waals surface area contributed by atoms with E-state index < -0.39 is 10.0 Å². The fourth-order valence-electron chi connectivity index (χ4n) is 1.97. The Balaban J connectivity index is 0.00000180. The summed E-state index contributed by atoms with van der Waals surface area (Å²) in [6.07, 6.45) is 1.76. The molecule has 0 aromatic heterocycles. The van der Waals surface area contributed by atoms with E-state index in [1.54, 1.807) is 6.07 Å². The summed E-state index contributed by atoms with van der Waals surface area (Å²) in [5, 5.41) is 3.42. The Bertz CT molecular complexity index is 510. The van der Waals surface area contributed by atoms with E-state index in [1.165, 1.54) is 12.1 Å². The molecule has 19 heavy (non-hydrogen) atoms. The van der Waals surface area contributed by atoms with Gasteiger partial charge in [0.15, 0.2) is 0 Å². The summed E-state index contributed by atoms with van der Waals surface area (Å²) in [4.78, 5) is -0.0427. The Labute approximate surface area is 129 Å². The second kappa shape index (κ2) is 7.11. The predicted octanol–water partition coefficient (Wildman–Crippen LogP) is 2.45. The van der Waals surface area contributed by atoms with Gasteiger partial charge in [-0.15, -0.1) is 12.4 Å². The third-order valence-corrected chi connectivity index (χ3v) is 5.28. The molecule has 1 atom stereocenters. The first kappa shape index (κ1) is 17.0. The van der Waals surface area contributed by atoms with Crippen molar-refractivity contribution < 1.29 is 8.42 Å². The van der Waals surface area contributed by atoms with Gasteiger partial charge in [0.05, 0.1) is 10.0 Å². The van der Waals surface area contributed by atoms with Gasteiger partial charge in [0.2, 0.25) is 10.0 Å². The van der Waals surface area contributed by atoms with Gasteiger partial charge in [-0.2, -0.15) is 0 Å². The van der Waals surface area contributed by atoms with E-state index in [2.05, 4.69) is 10.0 Å². The minimum absolute atomic E-state index is 0. The monoisotopic (exact) mass is 344 g/mol. The number of hydrogen-bond acceptors (Lipinski definition) is 3. The summed E-state index contributed by atoms with van der Waals surface area (Å²) >= 11 is 11.8. The second-order valence-electron chi connectivity index (χ2n) is 4.22. The quantitative estimate of drug-likeness (QED) is 0.884. The fourth-order valence-corrected chi connectivity index (χ4v) is 4.38. The molecule has 108 valence electrons. The highest BCUT2D eigenvalue weighted by atomic mass is 35.5. The molecule has 2 rings (SSSR count). The van der Waals surface area contributed by atoms with E-state index >= 15 is 0 Å². The summed E-state index contributed by atoms with van der Waals surface area (Å²) in [6.45, 7) is 1.55. The van der Waals surface area contributed by atoms with Crippen LogP contribution < -0.4 is 10.0 Å². The van der Waals surface area contributed by atoms with Crippen molar-refractivity contribution in [1.29, 1.82) is 0 Å². The van der Waals surface area contributed by atoms with Gasteiger partial charge in [-0.1, -0.05) is 29.3 Å².